The summed E-state index contributed by atoms with van der Waals surface area (Å²) in [5.74, 6) is 0.401. The molecule has 1 amide bonds. The minimum absolute atomic E-state index is 0.192. The zero-order chi connectivity index (χ0) is 11.0. The monoisotopic (exact) mass is 219 g/mol. The number of hydrogen-bond donors (Lipinski definition) is 3. The van der Waals surface area contributed by atoms with Gasteiger partial charge in [-0.2, -0.15) is 0 Å². The summed E-state index contributed by atoms with van der Waals surface area (Å²) in [4.78, 5) is 15.0. The molecule has 3 heterocycles. The summed E-state index contributed by atoms with van der Waals surface area (Å²) in [6.07, 6.45) is 7.21. The molecule has 0 aromatic carbocycles. The number of amides is 1. The normalized spacial score (nSPS) is 31.9. The lowest BCUT2D eigenvalue weighted by Gasteiger charge is -2.19. The molecule has 86 valence electrons. The van der Waals surface area contributed by atoms with Crippen LogP contribution in [0.15, 0.2) is 18.5 Å². The van der Waals surface area contributed by atoms with E-state index in [0.717, 1.165) is 18.4 Å². The highest BCUT2D eigenvalue weighted by Gasteiger charge is 2.42. The van der Waals surface area contributed by atoms with Crippen LogP contribution in [0.25, 0.3) is 0 Å². The van der Waals surface area contributed by atoms with Gasteiger partial charge in [-0.25, -0.2) is 0 Å². The first-order chi connectivity index (χ1) is 7.83. The molecule has 3 unspecified atom stereocenters. The maximum Gasteiger partial charge on any atom is 0.225 e. The van der Waals surface area contributed by atoms with Crippen LogP contribution in [-0.2, 0) is 11.3 Å². The highest BCUT2D eigenvalue weighted by molar-refractivity contribution is 5.80. The van der Waals surface area contributed by atoms with Crippen molar-refractivity contribution in [1.82, 2.24) is 15.6 Å². The van der Waals surface area contributed by atoms with Crippen molar-refractivity contribution in [3.63, 3.8) is 0 Å². The maximum absolute atomic E-state index is 12.0. The second kappa shape index (κ2) is 3.94. The molecule has 2 saturated heterocycles. The number of carbonyl (C=O) groups excluding carboxylic acids is 1. The van der Waals surface area contributed by atoms with Gasteiger partial charge in [-0.3, -0.25) is 4.79 Å². The van der Waals surface area contributed by atoms with Crippen molar-refractivity contribution in [3.8, 4) is 0 Å². The predicted molar refractivity (Wildman–Crippen MR) is 60.7 cm³/mol. The zero-order valence-electron chi connectivity index (χ0n) is 9.20. The van der Waals surface area contributed by atoms with E-state index in [0.29, 0.717) is 18.6 Å². The Morgan fingerprint density at radius 1 is 1.50 bits per heavy atom. The summed E-state index contributed by atoms with van der Waals surface area (Å²) in [5, 5.41) is 6.50. The number of carbonyl (C=O) groups is 1. The molecule has 2 fully saturated rings. The number of aromatic nitrogens is 1. The Morgan fingerprint density at radius 2 is 2.44 bits per heavy atom. The smallest absolute Gasteiger partial charge is 0.225 e. The third-order valence-corrected chi connectivity index (χ3v) is 3.77. The lowest BCUT2D eigenvalue weighted by atomic mass is 9.88. The van der Waals surface area contributed by atoms with E-state index in [1.165, 1.54) is 6.42 Å². The fourth-order valence-electron chi connectivity index (χ4n) is 2.90. The Bertz CT molecular complexity index is 374. The summed E-state index contributed by atoms with van der Waals surface area (Å²) in [5.41, 5.74) is 1.13. The molecular formula is C12H17N3O. The molecule has 1 aromatic heterocycles. The molecule has 4 nitrogen and oxygen atoms in total. The number of hydrogen-bond acceptors (Lipinski definition) is 2. The first kappa shape index (κ1) is 9.90. The van der Waals surface area contributed by atoms with E-state index in [4.69, 9.17) is 0 Å². The van der Waals surface area contributed by atoms with Crippen molar-refractivity contribution in [2.45, 2.75) is 37.9 Å². The Morgan fingerprint density at radius 3 is 3.06 bits per heavy atom. The Labute approximate surface area is 94.8 Å². The first-order valence-electron chi connectivity index (χ1n) is 5.98. The van der Waals surface area contributed by atoms with E-state index in [1.807, 2.05) is 18.5 Å². The minimum Gasteiger partial charge on any atom is -0.367 e. The molecule has 3 N–H and O–H groups in total. The van der Waals surface area contributed by atoms with Gasteiger partial charge in [0.15, 0.2) is 0 Å². The zero-order valence-corrected chi connectivity index (χ0v) is 9.20. The number of H-pyrrole nitrogens is 1. The van der Waals surface area contributed by atoms with Crippen LogP contribution in [0.2, 0.25) is 0 Å². The molecule has 0 saturated carbocycles. The van der Waals surface area contributed by atoms with Gasteiger partial charge in [0, 0.05) is 31.0 Å². The molecule has 4 heteroatoms. The Balaban J connectivity index is 1.54. The number of nitrogens with one attached hydrogen (secondary N) is 3. The van der Waals surface area contributed by atoms with Crippen LogP contribution in [-0.4, -0.2) is 23.0 Å². The predicted octanol–water partition coefficient (Wildman–Crippen LogP) is 0.771. The van der Waals surface area contributed by atoms with E-state index in [1.54, 1.807) is 0 Å². The molecule has 16 heavy (non-hydrogen) atoms. The van der Waals surface area contributed by atoms with Crippen molar-refractivity contribution >= 4 is 5.91 Å². The van der Waals surface area contributed by atoms with Crippen LogP contribution < -0.4 is 10.6 Å². The first-order valence-corrected chi connectivity index (χ1v) is 5.98. The van der Waals surface area contributed by atoms with E-state index in [2.05, 4.69) is 15.6 Å². The highest BCUT2D eigenvalue weighted by atomic mass is 16.1. The Kier molecular flexibility index (Phi) is 2.44. The molecular weight excluding hydrogens is 202 g/mol. The van der Waals surface area contributed by atoms with Crippen LogP contribution in [0.1, 0.15) is 24.8 Å². The third-order valence-electron chi connectivity index (χ3n) is 3.77. The van der Waals surface area contributed by atoms with Gasteiger partial charge in [0.1, 0.15) is 0 Å². The minimum atomic E-state index is 0.192. The third kappa shape index (κ3) is 1.73. The number of fused-ring (bicyclic) bond motifs is 2. The van der Waals surface area contributed by atoms with Gasteiger partial charge in [-0.05, 0) is 30.9 Å². The van der Waals surface area contributed by atoms with E-state index in [-0.39, 0.29) is 11.8 Å². The number of rotatable bonds is 3. The standard InChI is InChI=1S/C12H17N3O/c16-12(14-7-8-3-4-13-6-8)10-5-9-1-2-11(10)15-9/h3-4,6,9-11,13,15H,1-2,5,7H2,(H,14,16). The molecule has 0 aliphatic carbocycles. The second-order valence-corrected chi connectivity index (χ2v) is 4.83. The summed E-state index contributed by atoms with van der Waals surface area (Å²) >= 11 is 0. The van der Waals surface area contributed by atoms with Crippen LogP contribution in [0.5, 0.6) is 0 Å². The summed E-state index contributed by atoms with van der Waals surface area (Å²) in [6.45, 7) is 0.635. The van der Waals surface area contributed by atoms with Gasteiger partial charge in [-0.15, -0.1) is 0 Å². The second-order valence-electron chi connectivity index (χ2n) is 4.83. The molecule has 2 aliphatic heterocycles. The molecule has 2 aliphatic rings. The average Bonchev–Trinajstić information content (AvgIpc) is 3.01. The lowest BCUT2D eigenvalue weighted by molar-refractivity contribution is -0.125. The maximum atomic E-state index is 12.0. The Hall–Kier alpha value is -1.29. The molecule has 2 bridgehead atoms. The van der Waals surface area contributed by atoms with E-state index < -0.39 is 0 Å². The van der Waals surface area contributed by atoms with Crippen molar-refractivity contribution in [3.05, 3.63) is 24.0 Å². The summed E-state index contributed by atoms with van der Waals surface area (Å²) in [7, 11) is 0. The van der Waals surface area contributed by atoms with E-state index in [9.17, 15) is 4.79 Å². The topological polar surface area (TPSA) is 56.9 Å². The lowest BCUT2D eigenvalue weighted by Crippen LogP contribution is -2.37. The van der Waals surface area contributed by atoms with Crippen LogP contribution in [0.3, 0.4) is 0 Å². The molecule has 0 radical (unpaired) electrons. The van der Waals surface area contributed by atoms with Crippen LogP contribution in [0, 0.1) is 5.92 Å². The van der Waals surface area contributed by atoms with Gasteiger partial charge in [0.05, 0.1) is 5.92 Å². The number of aromatic amines is 1. The van der Waals surface area contributed by atoms with Crippen molar-refractivity contribution in [2.24, 2.45) is 5.92 Å². The fourth-order valence-corrected chi connectivity index (χ4v) is 2.90. The highest BCUT2D eigenvalue weighted by Crippen LogP contribution is 2.33. The largest absolute Gasteiger partial charge is 0.367 e. The molecule has 0 spiro atoms. The van der Waals surface area contributed by atoms with Gasteiger partial charge < -0.3 is 15.6 Å². The molecule has 3 atom stereocenters. The molecule has 1 aromatic rings. The van der Waals surface area contributed by atoms with Crippen molar-refractivity contribution in [1.29, 1.82) is 0 Å². The van der Waals surface area contributed by atoms with Gasteiger partial charge in [-0.1, -0.05) is 0 Å². The van der Waals surface area contributed by atoms with Gasteiger partial charge in [0.25, 0.3) is 0 Å². The fraction of sp³-hybridized carbons (Fsp3) is 0.583. The average molecular weight is 219 g/mol. The summed E-state index contributed by atoms with van der Waals surface area (Å²) in [6, 6.07) is 3.00. The SMILES string of the molecule is O=C(NCc1cc[nH]c1)C1CC2CCC1N2. The van der Waals surface area contributed by atoms with Crippen molar-refractivity contribution < 1.29 is 4.79 Å². The quantitative estimate of drug-likeness (QED) is 0.703. The van der Waals surface area contributed by atoms with Crippen LogP contribution in [0.4, 0.5) is 0 Å². The van der Waals surface area contributed by atoms with Gasteiger partial charge in [0.2, 0.25) is 5.91 Å². The summed E-state index contributed by atoms with van der Waals surface area (Å²) < 4.78 is 0. The van der Waals surface area contributed by atoms with E-state index >= 15 is 0 Å². The molecule has 3 rings (SSSR count). The van der Waals surface area contributed by atoms with Crippen molar-refractivity contribution in [2.75, 3.05) is 0 Å². The van der Waals surface area contributed by atoms with Gasteiger partial charge >= 0.3 is 0 Å². The van der Waals surface area contributed by atoms with Crippen LogP contribution >= 0.6 is 0 Å².